The fourth-order valence-electron chi connectivity index (χ4n) is 9.82. The minimum Gasteiger partial charge on any atom is -0.394 e. The summed E-state index contributed by atoms with van der Waals surface area (Å²) in [6, 6.07) is -1.00. The van der Waals surface area contributed by atoms with Gasteiger partial charge in [0.25, 0.3) is 0 Å². The highest BCUT2D eigenvalue weighted by Gasteiger charge is 2.28. The number of carbonyl (C=O) groups excluding carboxylic acids is 1. The van der Waals surface area contributed by atoms with Crippen molar-refractivity contribution in [1.82, 2.24) is 5.32 Å². The number of nitrogens with one attached hydrogen (secondary N) is 1. The van der Waals surface area contributed by atoms with Crippen molar-refractivity contribution in [2.75, 3.05) is 6.61 Å². The third-order valence-electron chi connectivity index (χ3n) is 14.6. The number of rotatable bonds is 57. The molecular weight excluding hydrogens is 839 g/mol. The van der Waals surface area contributed by atoms with Crippen LogP contribution < -0.4 is 5.32 Å². The summed E-state index contributed by atoms with van der Waals surface area (Å²) in [5.74, 6) is -0.588. The summed E-state index contributed by atoms with van der Waals surface area (Å²) in [5, 5.41) is 44.1. The Morgan fingerprint density at radius 2 is 0.603 bits per heavy atom. The van der Waals surface area contributed by atoms with Crippen molar-refractivity contribution in [3.63, 3.8) is 0 Å². The highest BCUT2D eigenvalue weighted by molar-refractivity contribution is 5.80. The summed E-state index contributed by atoms with van der Waals surface area (Å²) >= 11 is 0. The topological polar surface area (TPSA) is 110 Å². The molecule has 0 radical (unpaired) electrons. The van der Waals surface area contributed by atoms with Crippen LogP contribution in [0, 0.1) is 0 Å². The molecule has 0 aromatic carbocycles. The Hall–Kier alpha value is -1.21. The highest BCUT2D eigenvalue weighted by atomic mass is 16.3. The van der Waals surface area contributed by atoms with E-state index in [2.05, 4.69) is 43.5 Å². The Bertz CT molecular complexity index is 1030. The average molecular weight is 961 g/mol. The van der Waals surface area contributed by atoms with Crippen molar-refractivity contribution in [1.29, 1.82) is 0 Å². The second kappa shape index (κ2) is 56.7. The number of hydrogen-bond donors (Lipinski definition) is 5. The molecule has 404 valence electrons. The number of hydrogen-bond acceptors (Lipinski definition) is 5. The maximum Gasteiger partial charge on any atom is 0.249 e. The van der Waals surface area contributed by atoms with Crippen LogP contribution in [0.4, 0.5) is 0 Å². The Labute approximate surface area is 425 Å². The second-order valence-corrected chi connectivity index (χ2v) is 21.4. The maximum atomic E-state index is 12.6. The molecule has 0 aliphatic heterocycles. The fourth-order valence-corrected chi connectivity index (χ4v) is 9.82. The SMILES string of the molecule is CCCCCCCCCCCCCC/C=C\CCCCCCCCCCCCCCC(O)C(=O)NC(CO)C(O)C(O)CCC/C=C/CCCCCCCCCCCCCCCCCCCCC. The molecule has 1 amide bonds. The van der Waals surface area contributed by atoms with Gasteiger partial charge in [-0.2, -0.15) is 0 Å². The van der Waals surface area contributed by atoms with Crippen molar-refractivity contribution in [3.8, 4) is 0 Å². The van der Waals surface area contributed by atoms with E-state index in [-0.39, 0.29) is 0 Å². The molecule has 0 aromatic heterocycles. The lowest BCUT2D eigenvalue weighted by atomic mass is 10.00. The van der Waals surface area contributed by atoms with Gasteiger partial charge in [0.1, 0.15) is 12.2 Å². The van der Waals surface area contributed by atoms with Gasteiger partial charge in [-0.15, -0.1) is 0 Å². The van der Waals surface area contributed by atoms with E-state index in [0.717, 1.165) is 38.5 Å². The maximum absolute atomic E-state index is 12.6. The van der Waals surface area contributed by atoms with Crippen molar-refractivity contribution in [2.45, 2.75) is 359 Å². The lowest BCUT2D eigenvalue weighted by Gasteiger charge is -2.27. The van der Waals surface area contributed by atoms with Gasteiger partial charge in [0.05, 0.1) is 18.8 Å². The van der Waals surface area contributed by atoms with Crippen molar-refractivity contribution in [3.05, 3.63) is 24.3 Å². The van der Waals surface area contributed by atoms with Gasteiger partial charge in [-0.05, 0) is 64.2 Å². The summed E-state index contributed by atoms with van der Waals surface area (Å²) in [4.78, 5) is 12.6. The van der Waals surface area contributed by atoms with E-state index in [1.54, 1.807) is 0 Å². The lowest BCUT2D eigenvalue weighted by Crippen LogP contribution is -2.53. The van der Waals surface area contributed by atoms with E-state index in [0.29, 0.717) is 12.8 Å². The van der Waals surface area contributed by atoms with Crippen LogP contribution in [0.25, 0.3) is 0 Å². The molecule has 68 heavy (non-hydrogen) atoms. The van der Waals surface area contributed by atoms with E-state index in [1.807, 2.05) is 0 Å². The Morgan fingerprint density at radius 1 is 0.353 bits per heavy atom. The van der Waals surface area contributed by atoms with Crippen LogP contribution in [0.15, 0.2) is 24.3 Å². The van der Waals surface area contributed by atoms with Crippen molar-refractivity contribution < 1.29 is 25.2 Å². The van der Waals surface area contributed by atoms with Gasteiger partial charge in [-0.1, -0.05) is 295 Å². The van der Waals surface area contributed by atoms with Gasteiger partial charge in [-0.25, -0.2) is 0 Å². The van der Waals surface area contributed by atoms with Crippen LogP contribution in [0.5, 0.6) is 0 Å². The standard InChI is InChI=1S/C62H121NO5/c1-3-5-7-9-11-13-15-17-19-21-23-25-27-29-30-31-32-34-36-38-40-42-44-46-48-50-52-54-56-60(66)62(68)63-58(57-64)61(67)59(65)55-53-51-49-47-45-43-41-39-37-35-33-28-26-24-22-20-18-16-14-12-10-8-6-4-2/h29-30,47,49,58-61,64-67H,3-28,31-46,48,50-57H2,1-2H3,(H,63,68)/b30-29-,49-47+. The fraction of sp³-hybridized carbons (Fsp3) is 0.919. The molecule has 4 unspecified atom stereocenters. The van der Waals surface area contributed by atoms with Crippen LogP contribution in [0.2, 0.25) is 0 Å². The molecular formula is C62H121NO5. The van der Waals surface area contributed by atoms with E-state index in [4.69, 9.17) is 0 Å². The Kier molecular flexibility index (Phi) is 55.7. The molecule has 0 spiro atoms. The summed E-state index contributed by atoms with van der Waals surface area (Å²) in [5.41, 5.74) is 0. The molecule has 4 atom stereocenters. The number of aliphatic hydroxyl groups is 4. The molecule has 0 aliphatic carbocycles. The van der Waals surface area contributed by atoms with E-state index in [1.165, 1.54) is 270 Å². The van der Waals surface area contributed by atoms with Crippen LogP contribution in [-0.2, 0) is 4.79 Å². The van der Waals surface area contributed by atoms with Crippen molar-refractivity contribution in [2.24, 2.45) is 0 Å². The van der Waals surface area contributed by atoms with Gasteiger partial charge in [0, 0.05) is 0 Å². The third-order valence-corrected chi connectivity index (χ3v) is 14.6. The first kappa shape index (κ1) is 66.8. The van der Waals surface area contributed by atoms with Gasteiger partial charge < -0.3 is 25.7 Å². The third kappa shape index (κ3) is 49.8. The smallest absolute Gasteiger partial charge is 0.249 e. The first-order valence-electron chi connectivity index (χ1n) is 30.7. The molecule has 0 heterocycles. The average Bonchev–Trinajstić information content (AvgIpc) is 3.34. The first-order chi connectivity index (χ1) is 33.5. The monoisotopic (exact) mass is 960 g/mol. The first-order valence-corrected chi connectivity index (χ1v) is 30.7. The molecule has 6 heteroatoms. The van der Waals surface area contributed by atoms with Crippen LogP contribution in [0.3, 0.4) is 0 Å². The minimum absolute atomic E-state index is 0.365. The summed E-state index contributed by atoms with van der Waals surface area (Å²) in [6.45, 7) is 4.09. The zero-order chi connectivity index (χ0) is 49.5. The largest absolute Gasteiger partial charge is 0.394 e. The normalized spacial score (nSPS) is 13.8. The quantitative estimate of drug-likeness (QED) is 0.0308. The van der Waals surface area contributed by atoms with Crippen LogP contribution >= 0.6 is 0 Å². The van der Waals surface area contributed by atoms with E-state index < -0.39 is 36.9 Å². The molecule has 5 N–H and O–H groups in total. The molecule has 0 saturated heterocycles. The predicted octanol–water partition coefficient (Wildman–Crippen LogP) is 18.2. The van der Waals surface area contributed by atoms with Gasteiger partial charge >= 0.3 is 0 Å². The highest BCUT2D eigenvalue weighted by Crippen LogP contribution is 2.18. The Morgan fingerprint density at radius 3 is 0.882 bits per heavy atom. The zero-order valence-corrected chi connectivity index (χ0v) is 45.9. The number of unbranched alkanes of at least 4 members (excludes halogenated alkanes) is 44. The molecule has 0 fully saturated rings. The summed E-state index contributed by atoms with van der Waals surface area (Å²) < 4.78 is 0. The molecule has 0 saturated carbocycles. The number of allylic oxidation sites excluding steroid dienone is 4. The summed E-state index contributed by atoms with van der Waals surface area (Å²) in [6.07, 6.45) is 69.8. The molecule has 6 nitrogen and oxygen atoms in total. The summed E-state index contributed by atoms with van der Waals surface area (Å²) in [7, 11) is 0. The number of amides is 1. The minimum atomic E-state index is -1.28. The zero-order valence-electron chi connectivity index (χ0n) is 45.9. The van der Waals surface area contributed by atoms with Crippen LogP contribution in [-0.4, -0.2) is 57.3 Å². The van der Waals surface area contributed by atoms with Crippen LogP contribution in [0.1, 0.15) is 335 Å². The predicted molar refractivity (Wildman–Crippen MR) is 298 cm³/mol. The second-order valence-electron chi connectivity index (χ2n) is 21.4. The van der Waals surface area contributed by atoms with Gasteiger partial charge in [0.15, 0.2) is 0 Å². The Balaban J connectivity index is 3.61. The molecule has 0 aromatic rings. The van der Waals surface area contributed by atoms with E-state index >= 15 is 0 Å². The molecule has 0 bridgehead atoms. The number of carbonyl (C=O) groups is 1. The number of aliphatic hydroxyl groups excluding tert-OH is 4. The van der Waals surface area contributed by atoms with E-state index in [9.17, 15) is 25.2 Å². The van der Waals surface area contributed by atoms with Gasteiger partial charge in [-0.3, -0.25) is 4.79 Å². The molecule has 0 rings (SSSR count). The van der Waals surface area contributed by atoms with Gasteiger partial charge in [0.2, 0.25) is 5.91 Å². The molecule has 0 aliphatic rings. The lowest BCUT2D eigenvalue weighted by molar-refractivity contribution is -0.132. The van der Waals surface area contributed by atoms with Crippen molar-refractivity contribution >= 4 is 5.91 Å².